The molecule has 2 aromatic rings. The first-order valence-corrected chi connectivity index (χ1v) is 3.87. The fourth-order valence-corrected chi connectivity index (χ4v) is 1.39. The SMILES string of the molecule is Cc1cc2cc(Cl)ccn2c1. The Balaban J connectivity index is 2.82. The van der Waals surface area contributed by atoms with E-state index in [0.29, 0.717) is 0 Å². The number of pyridine rings is 1. The molecule has 0 saturated carbocycles. The van der Waals surface area contributed by atoms with Gasteiger partial charge in [0.05, 0.1) is 0 Å². The van der Waals surface area contributed by atoms with Gasteiger partial charge in [-0.1, -0.05) is 11.6 Å². The van der Waals surface area contributed by atoms with Gasteiger partial charge in [-0.05, 0) is 30.7 Å². The van der Waals surface area contributed by atoms with Gasteiger partial charge in [0.25, 0.3) is 0 Å². The molecule has 0 aliphatic carbocycles. The van der Waals surface area contributed by atoms with Crippen molar-refractivity contribution in [3.05, 3.63) is 41.2 Å². The van der Waals surface area contributed by atoms with Crippen molar-refractivity contribution >= 4 is 17.1 Å². The maximum atomic E-state index is 5.81. The Morgan fingerprint density at radius 2 is 2.18 bits per heavy atom. The topological polar surface area (TPSA) is 4.41 Å². The van der Waals surface area contributed by atoms with E-state index in [1.807, 2.05) is 18.3 Å². The fourth-order valence-electron chi connectivity index (χ4n) is 1.23. The van der Waals surface area contributed by atoms with Crippen LogP contribution in [0.4, 0.5) is 0 Å². The number of hydrogen-bond acceptors (Lipinski definition) is 0. The molecule has 0 radical (unpaired) electrons. The molecule has 2 heterocycles. The van der Waals surface area contributed by atoms with Gasteiger partial charge in [-0.25, -0.2) is 0 Å². The van der Waals surface area contributed by atoms with Crippen molar-refractivity contribution in [3.63, 3.8) is 0 Å². The Hall–Kier alpha value is -0.950. The summed E-state index contributed by atoms with van der Waals surface area (Å²) in [5.74, 6) is 0. The van der Waals surface area contributed by atoms with Gasteiger partial charge >= 0.3 is 0 Å². The highest BCUT2D eigenvalue weighted by Gasteiger charge is 1.94. The Morgan fingerprint density at radius 1 is 1.36 bits per heavy atom. The van der Waals surface area contributed by atoms with Crippen LogP contribution in [0, 0.1) is 6.92 Å². The van der Waals surface area contributed by atoms with Crippen LogP contribution in [0.5, 0.6) is 0 Å². The summed E-state index contributed by atoms with van der Waals surface area (Å²) in [5, 5.41) is 0.788. The summed E-state index contributed by atoms with van der Waals surface area (Å²) in [6, 6.07) is 5.94. The summed E-state index contributed by atoms with van der Waals surface area (Å²) in [6.07, 6.45) is 4.04. The van der Waals surface area contributed by atoms with E-state index in [0.717, 1.165) is 10.5 Å². The molecule has 0 aromatic carbocycles. The number of rotatable bonds is 0. The molecule has 0 aliphatic heterocycles. The van der Waals surface area contributed by atoms with Gasteiger partial charge in [0.2, 0.25) is 0 Å². The van der Waals surface area contributed by atoms with E-state index in [1.165, 1.54) is 5.56 Å². The van der Waals surface area contributed by atoms with Gasteiger partial charge in [0.1, 0.15) is 0 Å². The van der Waals surface area contributed by atoms with Crippen molar-refractivity contribution in [2.45, 2.75) is 6.92 Å². The summed E-state index contributed by atoms with van der Waals surface area (Å²) in [6.45, 7) is 2.07. The normalized spacial score (nSPS) is 10.7. The van der Waals surface area contributed by atoms with Crippen molar-refractivity contribution < 1.29 is 0 Å². The zero-order valence-electron chi connectivity index (χ0n) is 6.21. The third-order valence-electron chi connectivity index (χ3n) is 1.70. The minimum Gasteiger partial charge on any atom is -0.323 e. The van der Waals surface area contributed by atoms with Crippen molar-refractivity contribution in [1.29, 1.82) is 0 Å². The van der Waals surface area contributed by atoms with Crippen LogP contribution < -0.4 is 0 Å². The van der Waals surface area contributed by atoms with Gasteiger partial charge in [-0.15, -0.1) is 0 Å². The molecule has 0 aliphatic rings. The fraction of sp³-hybridized carbons (Fsp3) is 0.111. The largest absolute Gasteiger partial charge is 0.323 e. The summed E-state index contributed by atoms with van der Waals surface area (Å²) >= 11 is 5.81. The molecule has 0 bridgehead atoms. The third-order valence-corrected chi connectivity index (χ3v) is 1.93. The van der Waals surface area contributed by atoms with Crippen molar-refractivity contribution in [1.82, 2.24) is 4.40 Å². The molecular formula is C9H8ClN. The Bertz CT molecular complexity index is 389. The number of halogens is 1. The van der Waals surface area contributed by atoms with Crippen molar-refractivity contribution in [2.24, 2.45) is 0 Å². The van der Waals surface area contributed by atoms with Crippen LogP contribution in [-0.2, 0) is 0 Å². The standard InChI is InChI=1S/C9H8ClN/c1-7-4-9-5-8(10)2-3-11(9)6-7/h2-6H,1H3. The van der Waals surface area contributed by atoms with Crippen LogP contribution in [0.2, 0.25) is 5.02 Å². The molecule has 1 nitrogen and oxygen atoms in total. The van der Waals surface area contributed by atoms with Crippen LogP contribution in [0.15, 0.2) is 30.6 Å². The second-order valence-corrected chi connectivity index (χ2v) is 3.13. The lowest BCUT2D eigenvalue weighted by atomic mass is 10.3. The molecule has 2 aromatic heterocycles. The summed E-state index contributed by atoms with van der Waals surface area (Å²) in [4.78, 5) is 0. The Labute approximate surface area is 70.2 Å². The monoisotopic (exact) mass is 165 g/mol. The van der Waals surface area contributed by atoms with Gasteiger partial charge in [0.15, 0.2) is 0 Å². The van der Waals surface area contributed by atoms with Gasteiger partial charge in [-0.3, -0.25) is 0 Å². The molecule has 0 fully saturated rings. The average molecular weight is 166 g/mol. The van der Waals surface area contributed by atoms with E-state index in [9.17, 15) is 0 Å². The van der Waals surface area contributed by atoms with Gasteiger partial charge < -0.3 is 4.40 Å². The minimum atomic E-state index is 0.788. The van der Waals surface area contributed by atoms with Crippen LogP contribution in [0.1, 0.15) is 5.56 Å². The van der Waals surface area contributed by atoms with Crippen LogP contribution in [0.25, 0.3) is 5.52 Å². The molecule has 2 heteroatoms. The van der Waals surface area contributed by atoms with E-state index < -0.39 is 0 Å². The molecule has 0 amide bonds. The Morgan fingerprint density at radius 3 is 3.00 bits per heavy atom. The van der Waals surface area contributed by atoms with E-state index in [1.54, 1.807) is 0 Å². The van der Waals surface area contributed by atoms with E-state index >= 15 is 0 Å². The van der Waals surface area contributed by atoms with E-state index in [4.69, 9.17) is 11.6 Å². The van der Waals surface area contributed by atoms with E-state index in [2.05, 4.69) is 23.6 Å². The molecule has 11 heavy (non-hydrogen) atoms. The van der Waals surface area contributed by atoms with Gasteiger partial charge in [-0.2, -0.15) is 0 Å². The zero-order chi connectivity index (χ0) is 7.84. The number of nitrogens with zero attached hydrogens (tertiary/aromatic N) is 1. The maximum absolute atomic E-state index is 5.81. The molecule has 0 saturated heterocycles. The van der Waals surface area contributed by atoms with Gasteiger partial charge in [0, 0.05) is 22.9 Å². The van der Waals surface area contributed by atoms with Crippen LogP contribution in [0.3, 0.4) is 0 Å². The number of hydrogen-bond donors (Lipinski definition) is 0. The maximum Gasteiger partial charge on any atom is 0.0467 e. The highest BCUT2D eigenvalue weighted by Crippen LogP contribution is 2.14. The Kier molecular flexibility index (Phi) is 1.40. The second kappa shape index (κ2) is 2.28. The zero-order valence-corrected chi connectivity index (χ0v) is 6.97. The van der Waals surface area contributed by atoms with Crippen molar-refractivity contribution in [2.75, 3.05) is 0 Å². The number of aromatic nitrogens is 1. The predicted molar refractivity (Wildman–Crippen MR) is 47.1 cm³/mol. The molecule has 0 spiro atoms. The quantitative estimate of drug-likeness (QED) is 0.566. The minimum absolute atomic E-state index is 0.788. The van der Waals surface area contributed by atoms with E-state index in [-0.39, 0.29) is 0 Å². The van der Waals surface area contributed by atoms with Crippen LogP contribution >= 0.6 is 11.6 Å². The van der Waals surface area contributed by atoms with Crippen molar-refractivity contribution in [3.8, 4) is 0 Å². The third kappa shape index (κ3) is 1.12. The first-order chi connectivity index (χ1) is 5.25. The first kappa shape index (κ1) is 6.74. The lowest BCUT2D eigenvalue weighted by molar-refractivity contribution is 1.19. The smallest absolute Gasteiger partial charge is 0.0467 e. The lowest BCUT2D eigenvalue weighted by Gasteiger charge is -1.92. The number of fused-ring (bicyclic) bond motifs is 1. The molecule has 0 N–H and O–H groups in total. The highest BCUT2D eigenvalue weighted by molar-refractivity contribution is 6.30. The first-order valence-electron chi connectivity index (χ1n) is 3.49. The number of aryl methyl sites for hydroxylation is 1. The summed E-state index contributed by atoms with van der Waals surface area (Å²) in [7, 11) is 0. The predicted octanol–water partition coefficient (Wildman–Crippen LogP) is 2.90. The summed E-state index contributed by atoms with van der Waals surface area (Å²) < 4.78 is 2.06. The van der Waals surface area contributed by atoms with Crippen LogP contribution in [-0.4, -0.2) is 4.40 Å². The lowest BCUT2D eigenvalue weighted by Crippen LogP contribution is -1.77. The average Bonchev–Trinajstić information content (AvgIpc) is 2.27. The summed E-state index contributed by atoms with van der Waals surface area (Å²) in [5.41, 5.74) is 2.40. The molecule has 0 atom stereocenters. The second-order valence-electron chi connectivity index (χ2n) is 2.69. The molecule has 0 unspecified atom stereocenters. The molecular weight excluding hydrogens is 158 g/mol. The molecule has 2 rings (SSSR count). The molecule has 56 valence electrons. The highest BCUT2D eigenvalue weighted by atomic mass is 35.5.